The minimum absolute atomic E-state index is 0.123. The van der Waals surface area contributed by atoms with Gasteiger partial charge in [0.25, 0.3) is 5.91 Å². The summed E-state index contributed by atoms with van der Waals surface area (Å²) in [5.74, 6) is -0.123. The fraction of sp³-hybridized carbons (Fsp3) is 0.538. The zero-order valence-corrected chi connectivity index (χ0v) is 11.0. The lowest BCUT2D eigenvalue weighted by atomic mass is 10.0. The summed E-state index contributed by atoms with van der Waals surface area (Å²) in [5, 5.41) is 3.42. The Morgan fingerprint density at radius 3 is 2.82 bits per heavy atom. The summed E-state index contributed by atoms with van der Waals surface area (Å²) >= 11 is 6.02. The number of hydrogen-bond donors (Lipinski definition) is 1. The van der Waals surface area contributed by atoms with Crippen LogP contribution in [0.2, 0.25) is 5.02 Å². The Bertz CT molecular complexity index is 441. The molecule has 1 aromatic rings. The first-order chi connectivity index (χ1) is 8.06. The van der Waals surface area contributed by atoms with E-state index in [1.54, 1.807) is 12.3 Å². The molecule has 1 aliphatic rings. The van der Waals surface area contributed by atoms with Crippen LogP contribution in [0.4, 0.5) is 0 Å². The quantitative estimate of drug-likeness (QED) is 0.895. The van der Waals surface area contributed by atoms with Crippen LogP contribution in [-0.2, 0) is 0 Å². The Labute approximate surface area is 107 Å². The lowest BCUT2D eigenvalue weighted by molar-refractivity contribution is 0.0944. The van der Waals surface area contributed by atoms with Gasteiger partial charge >= 0.3 is 0 Å². The van der Waals surface area contributed by atoms with Gasteiger partial charge in [0.05, 0.1) is 10.6 Å². The summed E-state index contributed by atoms with van der Waals surface area (Å²) < 4.78 is 0. The molecule has 1 saturated carbocycles. The van der Waals surface area contributed by atoms with Crippen LogP contribution in [0.1, 0.15) is 42.2 Å². The Morgan fingerprint density at radius 2 is 2.29 bits per heavy atom. The standard InChI is InChI=1S/C13H17ClN2O/c1-3-13(4-5-13)8-16-12(17)10-7-15-9(2)6-11(10)14/h6-7H,3-5,8H2,1-2H3,(H,16,17). The topological polar surface area (TPSA) is 42.0 Å². The van der Waals surface area contributed by atoms with Crippen LogP contribution >= 0.6 is 11.6 Å². The number of carbonyl (C=O) groups excluding carboxylic acids is 1. The van der Waals surface area contributed by atoms with Crippen molar-refractivity contribution in [2.45, 2.75) is 33.1 Å². The number of amides is 1. The van der Waals surface area contributed by atoms with E-state index in [4.69, 9.17) is 11.6 Å². The third-order valence-electron chi connectivity index (χ3n) is 3.57. The number of carbonyl (C=O) groups is 1. The highest BCUT2D eigenvalue weighted by Crippen LogP contribution is 2.47. The molecule has 2 rings (SSSR count). The molecule has 3 nitrogen and oxygen atoms in total. The molecule has 1 aliphatic carbocycles. The number of halogens is 1. The number of rotatable bonds is 4. The molecule has 0 spiro atoms. The van der Waals surface area contributed by atoms with Crippen molar-refractivity contribution in [3.8, 4) is 0 Å². The number of nitrogens with one attached hydrogen (secondary N) is 1. The van der Waals surface area contributed by atoms with Crippen LogP contribution in [0.3, 0.4) is 0 Å². The first kappa shape index (κ1) is 12.4. The zero-order valence-electron chi connectivity index (χ0n) is 10.2. The maximum atomic E-state index is 11.9. The van der Waals surface area contributed by atoms with Crippen molar-refractivity contribution in [2.75, 3.05) is 6.54 Å². The first-order valence-electron chi connectivity index (χ1n) is 5.97. The summed E-state index contributed by atoms with van der Waals surface area (Å²) in [4.78, 5) is 16.0. The van der Waals surface area contributed by atoms with Gasteiger partial charge < -0.3 is 5.32 Å². The molecule has 1 N–H and O–H groups in total. The van der Waals surface area contributed by atoms with Gasteiger partial charge in [-0.2, -0.15) is 0 Å². The van der Waals surface area contributed by atoms with Crippen LogP contribution in [0.15, 0.2) is 12.3 Å². The molecule has 0 saturated heterocycles. The van der Waals surface area contributed by atoms with Gasteiger partial charge in [-0.05, 0) is 37.7 Å². The lowest BCUT2D eigenvalue weighted by Gasteiger charge is -2.13. The van der Waals surface area contributed by atoms with E-state index in [0.29, 0.717) is 16.0 Å². The third kappa shape index (κ3) is 2.78. The molecular weight excluding hydrogens is 236 g/mol. The number of aromatic nitrogens is 1. The maximum Gasteiger partial charge on any atom is 0.254 e. The largest absolute Gasteiger partial charge is 0.351 e. The molecular formula is C13H17ClN2O. The van der Waals surface area contributed by atoms with Crippen molar-refractivity contribution < 1.29 is 4.79 Å². The third-order valence-corrected chi connectivity index (χ3v) is 3.88. The SMILES string of the molecule is CCC1(CNC(=O)c2cnc(C)cc2Cl)CC1. The summed E-state index contributed by atoms with van der Waals surface area (Å²) in [6, 6.07) is 1.71. The molecule has 0 radical (unpaired) electrons. The second-order valence-electron chi connectivity index (χ2n) is 4.84. The first-order valence-corrected chi connectivity index (χ1v) is 6.34. The average molecular weight is 253 g/mol. The van der Waals surface area contributed by atoms with Crippen molar-refractivity contribution in [2.24, 2.45) is 5.41 Å². The van der Waals surface area contributed by atoms with Crippen LogP contribution < -0.4 is 5.32 Å². The average Bonchev–Trinajstić information content (AvgIpc) is 3.07. The van der Waals surface area contributed by atoms with E-state index < -0.39 is 0 Å². The highest BCUT2D eigenvalue weighted by molar-refractivity contribution is 6.33. The van der Waals surface area contributed by atoms with Gasteiger partial charge in [0, 0.05) is 18.4 Å². The molecule has 4 heteroatoms. The van der Waals surface area contributed by atoms with E-state index in [9.17, 15) is 4.79 Å². The van der Waals surface area contributed by atoms with Gasteiger partial charge in [0.2, 0.25) is 0 Å². The van der Waals surface area contributed by atoms with Crippen LogP contribution in [0.25, 0.3) is 0 Å². The molecule has 92 valence electrons. The van der Waals surface area contributed by atoms with E-state index in [-0.39, 0.29) is 5.91 Å². The summed E-state index contributed by atoms with van der Waals surface area (Å²) in [5.41, 5.74) is 1.63. The Balaban J connectivity index is 2.00. The zero-order chi connectivity index (χ0) is 12.5. The molecule has 0 aromatic carbocycles. The molecule has 0 atom stereocenters. The summed E-state index contributed by atoms with van der Waals surface area (Å²) in [6.45, 7) is 4.76. The Morgan fingerprint density at radius 1 is 1.59 bits per heavy atom. The van der Waals surface area contributed by atoms with Crippen molar-refractivity contribution in [1.29, 1.82) is 0 Å². The van der Waals surface area contributed by atoms with E-state index >= 15 is 0 Å². The van der Waals surface area contributed by atoms with Gasteiger partial charge in [0.1, 0.15) is 0 Å². The van der Waals surface area contributed by atoms with Crippen molar-refractivity contribution in [1.82, 2.24) is 10.3 Å². The molecule has 0 bridgehead atoms. The van der Waals surface area contributed by atoms with Crippen LogP contribution in [0, 0.1) is 12.3 Å². The highest BCUT2D eigenvalue weighted by atomic mass is 35.5. The van der Waals surface area contributed by atoms with Gasteiger partial charge in [-0.15, -0.1) is 0 Å². The van der Waals surface area contributed by atoms with Crippen LogP contribution in [-0.4, -0.2) is 17.4 Å². The second-order valence-corrected chi connectivity index (χ2v) is 5.25. The van der Waals surface area contributed by atoms with E-state index in [0.717, 1.165) is 18.7 Å². The lowest BCUT2D eigenvalue weighted by Crippen LogP contribution is -2.30. The van der Waals surface area contributed by atoms with Gasteiger partial charge in [-0.25, -0.2) is 0 Å². The predicted octanol–water partition coefficient (Wildman–Crippen LogP) is 2.96. The molecule has 1 amide bonds. The minimum atomic E-state index is -0.123. The van der Waals surface area contributed by atoms with Gasteiger partial charge in [-0.3, -0.25) is 9.78 Å². The number of pyridine rings is 1. The number of hydrogen-bond acceptors (Lipinski definition) is 2. The summed E-state index contributed by atoms with van der Waals surface area (Å²) in [6.07, 6.45) is 5.08. The molecule has 1 fully saturated rings. The van der Waals surface area contributed by atoms with Gasteiger partial charge in [-0.1, -0.05) is 18.5 Å². The molecule has 0 unspecified atom stereocenters. The fourth-order valence-corrected chi connectivity index (χ4v) is 2.18. The minimum Gasteiger partial charge on any atom is -0.351 e. The normalized spacial score (nSPS) is 16.6. The monoisotopic (exact) mass is 252 g/mol. The Kier molecular flexibility index (Phi) is 3.38. The van der Waals surface area contributed by atoms with E-state index in [1.807, 2.05) is 6.92 Å². The smallest absolute Gasteiger partial charge is 0.254 e. The summed E-state index contributed by atoms with van der Waals surface area (Å²) in [7, 11) is 0. The van der Waals surface area contributed by atoms with E-state index in [2.05, 4.69) is 17.2 Å². The number of nitrogens with zero attached hydrogens (tertiary/aromatic N) is 1. The van der Waals surface area contributed by atoms with Crippen molar-refractivity contribution >= 4 is 17.5 Å². The highest BCUT2D eigenvalue weighted by Gasteiger charge is 2.40. The second kappa shape index (κ2) is 4.65. The maximum absolute atomic E-state index is 11.9. The van der Waals surface area contributed by atoms with Crippen molar-refractivity contribution in [3.05, 3.63) is 28.5 Å². The van der Waals surface area contributed by atoms with Crippen LogP contribution in [0.5, 0.6) is 0 Å². The molecule has 0 aliphatic heterocycles. The molecule has 1 heterocycles. The fourth-order valence-electron chi connectivity index (χ4n) is 1.89. The molecule has 17 heavy (non-hydrogen) atoms. The van der Waals surface area contributed by atoms with E-state index in [1.165, 1.54) is 12.8 Å². The predicted molar refractivity (Wildman–Crippen MR) is 68.3 cm³/mol. The van der Waals surface area contributed by atoms with Crippen molar-refractivity contribution in [3.63, 3.8) is 0 Å². The Hall–Kier alpha value is -1.09. The number of aryl methyl sites for hydroxylation is 1. The molecule has 1 aromatic heterocycles. The van der Waals surface area contributed by atoms with Gasteiger partial charge in [0.15, 0.2) is 0 Å².